The molecule has 1 aromatic carbocycles. The van der Waals surface area contributed by atoms with Crippen molar-refractivity contribution in [1.82, 2.24) is 9.21 Å². The number of carbonyl (C=O) groups is 1. The molecule has 0 unspecified atom stereocenters. The van der Waals surface area contributed by atoms with Crippen molar-refractivity contribution in [1.29, 1.82) is 0 Å². The van der Waals surface area contributed by atoms with Gasteiger partial charge in [0.15, 0.2) is 0 Å². The van der Waals surface area contributed by atoms with Crippen LogP contribution in [0.2, 0.25) is 0 Å². The maximum atomic E-state index is 12.7. The molecule has 1 spiro atoms. The Bertz CT molecular complexity index is 765. The Balaban J connectivity index is 1.56. The third-order valence-corrected chi connectivity index (χ3v) is 7.12. The maximum absolute atomic E-state index is 12.7. The van der Waals surface area contributed by atoms with Crippen LogP contribution in [0.3, 0.4) is 0 Å². The lowest BCUT2D eigenvalue weighted by atomic mass is 10.0. The SMILES string of the molecule is C[C@H]1COCCN1C(=O)c1cccc(S(=O)(=O)N2CC3(CC3)C2)c1. The summed E-state index contributed by atoms with van der Waals surface area (Å²) in [5.74, 6) is -0.134. The number of morpholine rings is 1. The molecule has 1 amide bonds. The molecule has 3 aliphatic rings. The molecule has 2 saturated heterocycles. The van der Waals surface area contributed by atoms with Gasteiger partial charge >= 0.3 is 0 Å². The largest absolute Gasteiger partial charge is 0.377 e. The van der Waals surface area contributed by atoms with E-state index in [-0.39, 0.29) is 22.3 Å². The number of amides is 1. The molecule has 24 heavy (non-hydrogen) atoms. The molecule has 1 aromatic rings. The van der Waals surface area contributed by atoms with Crippen LogP contribution >= 0.6 is 0 Å². The minimum Gasteiger partial charge on any atom is -0.377 e. The fraction of sp³-hybridized carbons (Fsp3) is 0.588. The second-order valence-electron chi connectivity index (χ2n) is 7.22. The summed E-state index contributed by atoms with van der Waals surface area (Å²) in [6.45, 7) is 4.74. The summed E-state index contributed by atoms with van der Waals surface area (Å²) in [6.07, 6.45) is 2.26. The van der Waals surface area contributed by atoms with Gasteiger partial charge in [0.05, 0.1) is 24.2 Å². The van der Waals surface area contributed by atoms with Gasteiger partial charge in [-0.25, -0.2) is 8.42 Å². The lowest BCUT2D eigenvalue weighted by molar-refractivity contribution is 0.00358. The zero-order valence-electron chi connectivity index (χ0n) is 13.8. The molecule has 0 N–H and O–H groups in total. The smallest absolute Gasteiger partial charge is 0.254 e. The molecule has 0 aromatic heterocycles. The third-order valence-electron chi connectivity index (χ3n) is 5.33. The van der Waals surface area contributed by atoms with Gasteiger partial charge in [-0.15, -0.1) is 0 Å². The van der Waals surface area contributed by atoms with E-state index in [9.17, 15) is 13.2 Å². The molecule has 2 heterocycles. The van der Waals surface area contributed by atoms with E-state index in [1.54, 1.807) is 23.1 Å². The van der Waals surface area contributed by atoms with Crippen LogP contribution in [0.1, 0.15) is 30.1 Å². The highest BCUT2D eigenvalue weighted by molar-refractivity contribution is 7.89. The first-order valence-corrected chi connectivity index (χ1v) is 9.84. The normalized spacial score (nSPS) is 26.2. The number of rotatable bonds is 3. The Morgan fingerprint density at radius 3 is 2.71 bits per heavy atom. The molecule has 1 aliphatic carbocycles. The highest BCUT2D eigenvalue weighted by atomic mass is 32.2. The lowest BCUT2D eigenvalue weighted by Gasteiger charge is -2.38. The Morgan fingerprint density at radius 2 is 2.04 bits per heavy atom. The molecule has 7 heteroatoms. The summed E-state index contributed by atoms with van der Waals surface area (Å²) in [7, 11) is -3.50. The van der Waals surface area contributed by atoms with Crippen molar-refractivity contribution >= 4 is 15.9 Å². The van der Waals surface area contributed by atoms with E-state index in [0.29, 0.717) is 38.4 Å². The minimum atomic E-state index is -3.50. The Morgan fingerprint density at radius 1 is 1.29 bits per heavy atom. The van der Waals surface area contributed by atoms with Crippen LogP contribution in [-0.2, 0) is 14.8 Å². The summed E-state index contributed by atoms with van der Waals surface area (Å²) in [4.78, 5) is 14.7. The van der Waals surface area contributed by atoms with E-state index >= 15 is 0 Å². The molecule has 1 atom stereocenters. The van der Waals surface area contributed by atoms with Gasteiger partial charge in [-0.2, -0.15) is 4.31 Å². The van der Waals surface area contributed by atoms with Gasteiger partial charge in [0.2, 0.25) is 10.0 Å². The van der Waals surface area contributed by atoms with Crippen LogP contribution in [0.4, 0.5) is 0 Å². The molecular formula is C17H22N2O4S. The molecule has 3 fully saturated rings. The van der Waals surface area contributed by atoms with Crippen LogP contribution in [0.15, 0.2) is 29.2 Å². The fourth-order valence-corrected chi connectivity index (χ4v) is 5.21. The first-order valence-electron chi connectivity index (χ1n) is 8.40. The molecule has 2 aliphatic heterocycles. The predicted octanol–water partition coefficient (Wildman–Crippen LogP) is 1.33. The molecule has 0 radical (unpaired) electrons. The van der Waals surface area contributed by atoms with Gasteiger partial charge < -0.3 is 9.64 Å². The van der Waals surface area contributed by atoms with E-state index < -0.39 is 10.0 Å². The van der Waals surface area contributed by atoms with Crippen molar-refractivity contribution in [3.63, 3.8) is 0 Å². The quantitative estimate of drug-likeness (QED) is 0.825. The molecule has 6 nitrogen and oxygen atoms in total. The first-order chi connectivity index (χ1) is 11.4. The monoisotopic (exact) mass is 350 g/mol. The van der Waals surface area contributed by atoms with Gasteiger partial charge in [0.1, 0.15) is 0 Å². The molecule has 130 valence electrons. The number of benzene rings is 1. The fourth-order valence-electron chi connectivity index (χ4n) is 3.50. The zero-order chi connectivity index (χ0) is 16.9. The van der Waals surface area contributed by atoms with E-state index in [2.05, 4.69) is 0 Å². The highest BCUT2D eigenvalue weighted by Gasteiger charge is 2.55. The second kappa shape index (κ2) is 5.54. The van der Waals surface area contributed by atoms with Crippen LogP contribution in [0.5, 0.6) is 0 Å². The standard InChI is InChI=1S/C17H22N2O4S/c1-13-10-23-8-7-19(13)16(20)14-3-2-4-15(9-14)24(21,22)18-11-17(12-18)5-6-17/h2-4,9,13H,5-8,10-12H2,1H3/t13-/m0/s1. The van der Waals surface area contributed by atoms with Gasteiger partial charge in [-0.1, -0.05) is 6.07 Å². The van der Waals surface area contributed by atoms with Gasteiger partial charge in [0, 0.05) is 25.2 Å². The summed E-state index contributed by atoms with van der Waals surface area (Å²) in [5, 5.41) is 0. The van der Waals surface area contributed by atoms with Crippen molar-refractivity contribution in [2.75, 3.05) is 32.8 Å². The number of nitrogens with zero attached hydrogens (tertiary/aromatic N) is 2. The third kappa shape index (κ3) is 2.64. The van der Waals surface area contributed by atoms with Crippen LogP contribution in [0, 0.1) is 5.41 Å². The molecule has 1 saturated carbocycles. The lowest BCUT2D eigenvalue weighted by Crippen LogP contribution is -2.51. The maximum Gasteiger partial charge on any atom is 0.254 e. The summed E-state index contributed by atoms with van der Waals surface area (Å²) < 4.78 is 32.3. The van der Waals surface area contributed by atoms with E-state index in [0.717, 1.165) is 12.8 Å². The zero-order valence-corrected chi connectivity index (χ0v) is 14.6. The molecular weight excluding hydrogens is 328 g/mol. The highest BCUT2D eigenvalue weighted by Crippen LogP contribution is 2.54. The summed E-state index contributed by atoms with van der Waals surface area (Å²) >= 11 is 0. The van der Waals surface area contributed by atoms with Gasteiger partial charge in [-0.05, 0) is 43.4 Å². The topological polar surface area (TPSA) is 66.9 Å². The first kappa shape index (κ1) is 16.1. The molecule has 0 bridgehead atoms. The van der Waals surface area contributed by atoms with Crippen LogP contribution < -0.4 is 0 Å². The number of carbonyl (C=O) groups excluding carboxylic acids is 1. The predicted molar refractivity (Wildman–Crippen MR) is 88.2 cm³/mol. The minimum absolute atomic E-state index is 0.00313. The number of ether oxygens (including phenoxy) is 1. The van der Waals surface area contributed by atoms with Crippen molar-refractivity contribution in [2.24, 2.45) is 5.41 Å². The van der Waals surface area contributed by atoms with Crippen molar-refractivity contribution in [3.05, 3.63) is 29.8 Å². The van der Waals surface area contributed by atoms with Crippen LogP contribution in [-0.4, -0.2) is 62.4 Å². The summed E-state index contributed by atoms with van der Waals surface area (Å²) in [5.41, 5.74) is 0.690. The number of hydrogen-bond acceptors (Lipinski definition) is 4. The van der Waals surface area contributed by atoms with Crippen molar-refractivity contribution in [3.8, 4) is 0 Å². The summed E-state index contributed by atoms with van der Waals surface area (Å²) in [6, 6.07) is 6.42. The van der Waals surface area contributed by atoms with E-state index in [4.69, 9.17) is 4.74 Å². The Labute approximate surface area is 142 Å². The van der Waals surface area contributed by atoms with Gasteiger partial charge in [-0.3, -0.25) is 4.79 Å². The number of sulfonamides is 1. The number of hydrogen-bond donors (Lipinski definition) is 0. The Hall–Kier alpha value is -1.44. The van der Waals surface area contributed by atoms with E-state index in [1.807, 2.05) is 6.92 Å². The Kier molecular flexibility index (Phi) is 3.71. The second-order valence-corrected chi connectivity index (χ2v) is 9.16. The molecule has 4 rings (SSSR count). The van der Waals surface area contributed by atoms with Crippen LogP contribution in [0.25, 0.3) is 0 Å². The van der Waals surface area contributed by atoms with Gasteiger partial charge in [0.25, 0.3) is 5.91 Å². The van der Waals surface area contributed by atoms with Crippen molar-refractivity contribution < 1.29 is 17.9 Å². The average Bonchev–Trinajstić information content (AvgIpc) is 3.34. The van der Waals surface area contributed by atoms with Crippen molar-refractivity contribution in [2.45, 2.75) is 30.7 Å². The van der Waals surface area contributed by atoms with E-state index in [1.165, 1.54) is 10.4 Å². The average molecular weight is 350 g/mol.